The fourth-order valence-electron chi connectivity index (χ4n) is 3.02. The Morgan fingerprint density at radius 1 is 1.43 bits per heavy atom. The van der Waals surface area contributed by atoms with E-state index in [1.54, 1.807) is 0 Å². The van der Waals surface area contributed by atoms with E-state index in [0.717, 1.165) is 23.4 Å². The van der Waals surface area contributed by atoms with Crippen molar-refractivity contribution in [3.63, 3.8) is 0 Å². The molecule has 3 rings (SSSR count). The van der Waals surface area contributed by atoms with Gasteiger partial charge in [0, 0.05) is 24.9 Å². The highest BCUT2D eigenvalue weighted by molar-refractivity contribution is 9.10. The van der Waals surface area contributed by atoms with Gasteiger partial charge < -0.3 is 4.57 Å². The van der Waals surface area contributed by atoms with Gasteiger partial charge in [-0.2, -0.15) is 0 Å². The molecule has 21 heavy (non-hydrogen) atoms. The van der Waals surface area contributed by atoms with E-state index in [0.29, 0.717) is 28.1 Å². The predicted molar refractivity (Wildman–Crippen MR) is 88.3 cm³/mol. The second-order valence-electron chi connectivity index (χ2n) is 6.33. The van der Waals surface area contributed by atoms with Crippen molar-refractivity contribution in [3.8, 4) is 0 Å². The third-order valence-corrected chi connectivity index (χ3v) is 5.57. The Labute approximate surface area is 137 Å². The summed E-state index contributed by atoms with van der Waals surface area (Å²) in [5.74, 6) is 1.86. The van der Waals surface area contributed by atoms with Gasteiger partial charge in [0.1, 0.15) is 11.6 Å². The summed E-state index contributed by atoms with van der Waals surface area (Å²) in [5.41, 5.74) is 2.08. The van der Waals surface area contributed by atoms with E-state index in [1.165, 1.54) is 18.9 Å². The lowest BCUT2D eigenvalue weighted by atomic mass is 9.92. The standard InChI is InChI=1S/C16H19BrClFN2/c1-10(2)16(4-5-16)9-21-14-7-11(17)12(19)8-13(14)20-15(21)3-6-18/h7-8,10H,3-6,9H2,1-2H3. The number of rotatable bonds is 5. The molecule has 1 saturated carbocycles. The van der Waals surface area contributed by atoms with E-state index in [4.69, 9.17) is 11.6 Å². The lowest BCUT2D eigenvalue weighted by molar-refractivity contribution is 0.309. The quantitative estimate of drug-likeness (QED) is 0.662. The molecule has 114 valence electrons. The third-order valence-electron chi connectivity index (χ3n) is 4.78. The molecule has 0 unspecified atom stereocenters. The van der Waals surface area contributed by atoms with E-state index in [2.05, 4.69) is 39.3 Å². The molecule has 0 saturated heterocycles. The predicted octanol–water partition coefficient (Wildman–Crippen LogP) is 5.16. The fourth-order valence-corrected chi connectivity index (χ4v) is 3.52. The van der Waals surface area contributed by atoms with Crippen molar-refractivity contribution in [1.29, 1.82) is 0 Å². The van der Waals surface area contributed by atoms with Crippen molar-refractivity contribution in [2.24, 2.45) is 11.3 Å². The Kier molecular flexibility index (Phi) is 4.04. The van der Waals surface area contributed by atoms with E-state index in [1.807, 2.05) is 6.07 Å². The highest BCUT2D eigenvalue weighted by Gasteiger charge is 2.46. The monoisotopic (exact) mass is 372 g/mol. The number of fused-ring (bicyclic) bond motifs is 1. The van der Waals surface area contributed by atoms with Crippen molar-refractivity contribution < 1.29 is 4.39 Å². The molecule has 0 spiro atoms. The largest absolute Gasteiger partial charge is 0.327 e. The molecule has 0 atom stereocenters. The second kappa shape index (κ2) is 5.54. The molecule has 0 aliphatic heterocycles. The Balaban J connectivity index is 2.09. The number of imidazole rings is 1. The number of alkyl halides is 1. The molecule has 0 N–H and O–H groups in total. The van der Waals surface area contributed by atoms with E-state index >= 15 is 0 Å². The first-order valence-electron chi connectivity index (χ1n) is 7.37. The van der Waals surface area contributed by atoms with Gasteiger partial charge in [0.25, 0.3) is 0 Å². The average Bonchev–Trinajstić information content (AvgIpc) is 3.14. The van der Waals surface area contributed by atoms with Crippen LogP contribution in [-0.4, -0.2) is 15.4 Å². The molecule has 0 amide bonds. The number of hydrogen-bond donors (Lipinski definition) is 0. The van der Waals surface area contributed by atoms with Crippen molar-refractivity contribution in [1.82, 2.24) is 9.55 Å². The van der Waals surface area contributed by atoms with Crippen LogP contribution in [-0.2, 0) is 13.0 Å². The van der Waals surface area contributed by atoms with Crippen LogP contribution in [0, 0.1) is 17.2 Å². The van der Waals surface area contributed by atoms with Gasteiger partial charge in [0.05, 0.1) is 15.5 Å². The Bertz CT molecular complexity index is 676. The summed E-state index contributed by atoms with van der Waals surface area (Å²) in [6, 6.07) is 3.34. The maximum absolute atomic E-state index is 13.7. The summed E-state index contributed by atoms with van der Waals surface area (Å²) < 4.78 is 16.5. The summed E-state index contributed by atoms with van der Waals surface area (Å²) in [5, 5.41) is 0. The van der Waals surface area contributed by atoms with Gasteiger partial charge in [-0.15, -0.1) is 11.6 Å². The molecule has 1 aromatic heterocycles. The van der Waals surface area contributed by atoms with Crippen LogP contribution in [0.15, 0.2) is 16.6 Å². The van der Waals surface area contributed by atoms with E-state index in [-0.39, 0.29) is 5.82 Å². The molecule has 1 aromatic carbocycles. The number of nitrogens with zero attached hydrogens (tertiary/aromatic N) is 2. The summed E-state index contributed by atoms with van der Waals surface area (Å²) >= 11 is 9.19. The fraction of sp³-hybridized carbons (Fsp3) is 0.562. The molecule has 0 radical (unpaired) electrons. The van der Waals surface area contributed by atoms with E-state index in [9.17, 15) is 4.39 Å². The van der Waals surface area contributed by atoms with Gasteiger partial charge in [-0.05, 0) is 46.2 Å². The lowest BCUT2D eigenvalue weighted by Crippen LogP contribution is -2.19. The zero-order chi connectivity index (χ0) is 15.2. The minimum absolute atomic E-state index is 0.269. The van der Waals surface area contributed by atoms with Gasteiger partial charge in [-0.25, -0.2) is 9.37 Å². The number of aryl methyl sites for hydroxylation is 1. The number of hydrogen-bond acceptors (Lipinski definition) is 1. The number of benzene rings is 1. The van der Waals surface area contributed by atoms with Crippen LogP contribution in [0.1, 0.15) is 32.5 Å². The number of halogens is 3. The molecule has 2 nitrogen and oxygen atoms in total. The Hall–Kier alpha value is -0.610. The maximum atomic E-state index is 13.7. The van der Waals surface area contributed by atoms with Gasteiger partial charge in [-0.3, -0.25) is 0 Å². The van der Waals surface area contributed by atoms with Gasteiger partial charge in [0.15, 0.2) is 0 Å². The second-order valence-corrected chi connectivity index (χ2v) is 7.56. The smallest absolute Gasteiger partial charge is 0.139 e. The van der Waals surface area contributed by atoms with Crippen LogP contribution in [0.2, 0.25) is 0 Å². The molecule has 1 aliphatic carbocycles. The molecule has 0 bridgehead atoms. The molecule has 1 heterocycles. The van der Waals surface area contributed by atoms with Crippen molar-refractivity contribution in [2.75, 3.05) is 5.88 Å². The zero-order valence-electron chi connectivity index (χ0n) is 12.3. The molecule has 2 aromatic rings. The minimum atomic E-state index is -0.269. The topological polar surface area (TPSA) is 17.8 Å². The third kappa shape index (κ3) is 2.72. The molecular weight excluding hydrogens is 355 g/mol. The first kappa shape index (κ1) is 15.3. The zero-order valence-corrected chi connectivity index (χ0v) is 14.6. The first-order chi connectivity index (χ1) is 9.97. The summed E-state index contributed by atoms with van der Waals surface area (Å²) in [4.78, 5) is 4.59. The minimum Gasteiger partial charge on any atom is -0.327 e. The summed E-state index contributed by atoms with van der Waals surface area (Å²) in [7, 11) is 0. The highest BCUT2D eigenvalue weighted by atomic mass is 79.9. The van der Waals surface area contributed by atoms with Gasteiger partial charge >= 0.3 is 0 Å². The number of aromatic nitrogens is 2. The van der Waals surface area contributed by atoms with E-state index < -0.39 is 0 Å². The summed E-state index contributed by atoms with van der Waals surface area (Å²) in [6.45, 7) is 5.51. The average molecular weight is 374 g/mol. The molecular formula is C16H19BrClFN2. The van der Waals surface area contributed by atoms with Crippen LogP contribution < -0.4 is 0 Å². The molecule has 1 aliphatic rings. The molecule has 5 heteroatoms. The van der Waals surface area contributed by atoms with Gasteiger partial charge in [0.2, 0.25) is 0 Å². The Morgan fingerprint density at radius 2 is 2.14 bits per heavy atom. The first-order valence-corrected chi connectivity index (χ1v) is 8.70. The van der Waals surface area contributed by atoms with Crippen LogP contribution in [0.4, 0.5) is 4.39 Å². The van der Waals surface area contributed by atoms with Crippen molar-refractivity contribution in [2.45, 2.75) is 39.7 Å². The SMILES string of the molecule is CC(C)C1(Cn2c(CCCl)nc3cc(F)c(Br)cc32)CC1. The lowest BCUT2D eigenvalue weighted by Gasteiger charge is -2.22. The Morgan fingerprint density at radius 3 is 2.71 bits per heavy atom. The normalized spacial score (nSPS) is 16.9. The van der Waals surface area contributed by atoms with Gasteiger partial charge in [-0.1, -0.05) is 13.8 Å². The van der Waals surface area contributed by atoms with Crippen LogP contribution in [0.5, 0.6) is 0 Å². The van der Waals surface area contributed by atoms with Crippen molar-refractivity contribution in [3.05, 3.63) is 28.2 Å². The maximum Gasteiger partial charge on any atom is 0.139 e. The molecule has 1 fully saturated rings. The van der Waals surface area contributed by atoms with Crippen LogP contribution in [0.25, 0.3) is 11.0 Å². The van der Waals surface area contributed by atoms with Crippen LogP contribution >= 0.6 is 27.5 Å². The highest BCUT2D eigenvalue weighted by Crippen LogP contribution is 2.53. The summed E-state index contributed by atoms with van der Waals surface area (Å²) in [6.07, 6.45) is 3.23. The van der Waals surface area contributed by atoms with Crippen LogP contribution in [0.3, 0.4) is 0 Å². The van der Waals surface area contributed by atoms with Crippen molar-refractivity contribution >= 4 is 38.6 Å².